The average molecular weight is 294 g/mol. The van der Waals surface area contributed by atoms with Crippen LogP contribution in [0, 0.1) is 11.8 Å². The Labute approximate surface area is 121 Å². The lowest BCUT2D eigenvalue weighted by Gasteiger charge is -2.15. The summed E-state index contributed by atoms with van der Waals surface area (Å²) in [6, 6.07) is 1.54. The maximum absolute atomic E-state index is 12.0. The molecule has 2 amide bonds. The number of nitrogens with zero attached hydrogens (tertiary/aromatic N) is 1. The molecule has 0 spiro atoms. The van der Waals surface area contributed by atoms with Crippen LogP contribution >= 0.6 is 0 Å². The van der Waals surface area contributed by atoms with Crippen molar-refractivity contribution in [2.24, 2.45) is 11.8 Å². The third-order valence-electron chi connectivity index (χ3n) is 3.69. The van der Waals surface area contributed by atoms with Crippen LogP contribution < -0.4 is 5.32 Å². The smallest absolute Gasteiger partial charge is 0.308 e. The molecule has 0 radical (unpaired) electrons. The Kier molecular flexibility index (Phi) is 4.62. The fourth-order valence-corrected chi connectivity index (χ4v) is 2.43. The van der Waals surface area contributed by atoms with Crippen molar-refractivity contribution in [2.45, 2.75) is 13.3 Å². The first-order valence-corrected chi connectivity index (χ1v) is 6.80. The van der Waals surface area contributed by atoms with E-state index in [2.05, 4.69) is 5.32 Å². The van der Waals surface area contributed by atoms with Crippen LogP contribution in [0.4, 0.5) is 0 Å². The van der Waals surface area contributed by atoms with E-state index in [1.807, 2.05) is 6.92 Å². The van der Waals surface area contributed by atoms with Crippen LogP contribution in [-0.4, -0.2) is 47.4 Å². The molecule has 2 atom stereocenters. The molecule has 1 aromatic heterocycles. The Hall–Kier alpha value is -2.31. The third kappa shape index (κ3) is 3.62. The van der Waals surface area contributed by atoms with Gasteiger partial charge in [-0.1, -0.05) is 6.92 Å². The summed E-state index contributed by atoms with van der Waals surface area (Å²) in [7, 11) is 0. The molecule has 7 nitrogen and oxygen atoms in total. The van der Waals surface area contributed by atoms with Crippen LogP contribution in [0.15, 0.2) is 23.0 Å². The molecule has 2 heterocycles. The fraction of sp³-hybridized carbons (Fsp3) is 0.500. The Morgan fingerprint density at radius 1 is 1.43 bits per heavy atom. The zero-order valence-electron chi connectivity index (χ0n) is 11.7. The summed E-state index contributed by atoms with van der Waals surface area (Å²) in [6.45, 7) is 2.73. The van der Waals surface area contributed by atoms with Crippen molar-refractivity contribution < 1.29 is 23.9 Å². The van der Waals surface area contributed by atoms with Gasteiger partial charge in [-0.25, -0.2) is 0 Å². The third-order valence-corrected chi connectivity index (χ3v) is 3.69. The van der Waals surface area contributed by atoms with Crippen molar-refractivity contribution in [3.8, 4) is 0 Å². The molecule has 0 saturated carbocycles. The highest BCUT2D eigenvalue weighted by atomic mass is 16.4. The van der Waals surface area contributed by atoms with Crippen LogP contribution in [0.5, 0.6) is 0 Å². The lowest BCUT2D eigenvalue weighted by Crippen LogP contribution is -2.33. The molecule has 2 rings (SSSR count). The van der Waals surface area contributed by atoms with E-state index in [9.17, 15) is 14.4 Å². The van der Waals surface area contributed by atoms with E-state index in [0.717, 1.165) is 0 Å². The average Bonchev–Trinajstić information content (AvgIpc) is 3.07. The number of amides is 2. The van der Waals surface area contributed by atoms with Gasteiger partial charge in [0.2, 0.25) is 5.91 Å². The molecule has 114 valence electrons. The molecule has 1 aliphatic rings. The predicted octanol–water partition coefficient (Wildman–Crippen LogP) is 0.579. The fourth-order valence-electron chi connectivity index (χ4n) is 2.43. The molecule has 0 aliphatic carbocycles. The first-order valence-electron chi connectivity index (χ1n) is 6.80. The number of furan rings is 1. The number of carbonyl (C=O) groups excluding carboxylic acids is 2. The first-order chi connectivity index (χ1) is 9.99. The zero-order valence-corrected chi connectivity index (χ0v) is 11.7. The second kappa shape index (κ2) is 6.43. The van der Waals surface area contributed by atoms with Crippen molar-refractivity contribution in [2.75, 3.05) is 19.6 Å². The van der Waals surface area contributed by atoms with E-state index >= 15 is 0 Å². The van der Waals surface area contributed by atoms with Gasteiger partial charge in [-0.05, 0) is 12.0 Å². The Morgan fingerprint density at radius 3 is 2.76 bits per heavy atom. The summed E-state index contributed by atoms with van der Waals surface area (Å²) in [5.74, 6) is -1.86. The van der Waals surface area contributed by atoms with Gasteiger partial charge in [0.1, 0.15) is 6.26 Å². The van der Waals surface area contributed by atoms with Crippen molar-refractivity contribution in [1.29, 1.82) is 0 Å². The minimum atomic E-state index is -0.869. The molecule has 1 saturated heterocycles. The van der Waals surface area contributed by atoms with Gasteiger partial charge in [-0.3, -0.25) is 14.4 Å². The monoisotopic (exact) mass is 294 g/mol. The highest BCUT2D eigenvalue weighted by molar-refractivity contribution is 5.94. The maximum atomic E-state index is 12.0. The number of hydrogen-bond acceptors (Lipinski definition) is 4. The number of aliphatic carboxylic acids is 1. The highest BCUT2D eigenvalue weighted by Gasteiger charge is 2.36. The Balaban J connectivity index is 1.75. The number of carboxylic acid groups (broad SMARTS) is 1. The van der Waals surface area contributed by atoms with Crippen LogP contribution in [0.25, 0.3) is 0 Å². The minimum Gasteiger partial charge on any atom is -0.481 e. The summed E-state index contributed by atoms with van der Waals surface area (Å²) in [5.41, 5.74) is 0.406. The molecule has 1 fully saturated rings. The SMILES string of the molecule is C[C@@H]1CN(C(=O)CCNC(=O)c2ccoc2)C[C@H]1C(=O)O. The van der Waals surface area contributed by atoms with Gasteiger partial charge in [0.05, 0.1) is 17.7 Å². The minimum absolute atomic E-state index is 0.0491. The van der Waals surface area contributed by atoms with Gasteiger partial charge in [0.15, 0.2) is 0 Å². The maximum Gasteiger partial charge on any atom is 0.308 e. The molecule has 21 heavy (non-hydrogen) atoms. The number of carbonyl (C=O) groups is 3. The number of rotatable bonds is 5. The van der Waals surface area contributed by atoms with Crippen molar-refractivity contribution >= 4 is 17.8 Å². The molecule has 0 bridgehead atoms. The number of carboxylic acids is 1. The van der Waals surface area contributed by atoms with Gasteiger partial charge in [-0.2, -0.15) is 0 Å². The Morgan fingerprint density at radius 2 is 2.19 bits per heavy atom. The van der Waals surface area contributed by atoms with Gasteiger partial charge in [0, 0.05) is 26.1 Å². The van der Waals surface area contributed by atoms with E-state index in [-0.39, 0.29) is 37.2 Å². The predicted molar refractivity (Wildman–Crippen MR) is 72.5 cm³/mol. The van der Waals surface area contributed by atoms with E-state index < -0.39 is 11.9 Å². The quantitative estimate of drug-likeness (QED) is 0.827. The standard InChI is InChI=1S/C14H18N2O5/c1-9-6-16(7-11(9)14(19)20)12(17)2-4-15-13(18)10-3-5-21-8-10/h3,5,8-9,11H,2,4,6-7H2,1H3,(H,15,18)(H,19,20)/t9-,11-/m1/s1. The second-order valence-electron chi connectivity index (χ2n) is 5.24. The summed E-state index contributed by atoms with van der Waals surface area (Å²) in [5, 5.41) is 11.7. The topological polar surface area (TPSA) is 99.9 Å². The van der Waals surface area contributed by atoms with E-state index in [4.69, 9.17) is 9.52 Å². The van der Waals surface area contributed by atoms with Crippen molar-refractivity contribution in [1.82, 2.24) is 10.2 Å². The highest BCUT2D eigenvalue weighted by Crippen LogP contribution is 2.23. The van der Waals surface area contributed by atoms with E-state index in [0.29, 0.717) is 12.1 Å². The van der Waals surface area contributed by atoms with Gasteiger partial charge >= 0.3 is 5.97 Å². The number of hydrogen-bond donors (Lipinski definition) is 2. The van der Waals surface area contributed by atoms with Crippen LogP contribution in [0.1, 0.15) is 23.7 Å². The molecule has 7 heteroatoms. The molecular weight excluding hydrogens is 276 g/mol. The molecule has 1 aromatic rings. The normalized spacial score (nSPS) is 21.3. The van der Waals surface area contributed by atoms with Crippen LogP contribution in [-0.2, 0) is 9.59 Å². The van der Waals surface area contributed by atoms with Crippen LogP contribution in [0.2, 0.25) is 0 Å². The number of nitrogens with one attached hydrogen (secondary N) is 1. The van der Waals surface area contributed by atoms with Crippen molar-refractivity contribution in [3.63, 3.8) is 0 Å². The molecular formula is C14H18N2O5. The van der Waals surface area contributed by atoms with E-state index in [1.54, 1.807) is 4.90 Å². The summed E-state index contributed by atoms with van der Waals surface area (Å²) in [6.07, 6.45) is 2.89. The zero-order chi connectivity index (χ0) is 15.4. The first kappa shape index (κ1) is 15.1. The summed E-state index contributed by atoms with van der Waals surface area (Å²) in [4.78, 5) is 36.2. The summed E-state index contributed by atoms with van der Waals surface area (Å²) < 4.78 is 4.80. The van der Waals surface area contributed by atoms with E-state index in [1.165, 1.54) is 18.6 Å². The van der Waals surface area contributed by atoms with Gasteiger partial charge < -0.3 is 19.7 Å². The molecule has 1 aliphatic heterocycles. The van der Waals surface area contributed by atoms with Crippen molar-refractivity contribution in [3.05, 3.63) is 24.2 Å². The number of likely N-dealkylation sites (tertiary alicyclic amines) is 1. The Bertz CT molecular complexity index is 525. The van der Waals surface area contributed by atoms with Gasteiger partial charge in [0.25, 0.3) is 5.91 Å². The lowest BCUT2D eigenvalue weighted by atomic mass is 9.99. The molecule has 0 unspecified atom stereocenters. The molecule has 2 N–H and O–H groups in total. The van der Waals surface area contributed by atoms with Crippen LogP contribution in [0.3, 0.4) is 0 Å². The second-order valence-corrected chi connectivity index (χ2v) is 5.24. The lowest BCUT2D eigenvalue weighted by molar-refractivity contribution is -0.142. The summed E-state index contributed by atoms with van der Waals surface area (Å²) >= 11 is 0. The molecule has 0 aromatic carbocycles. The largest absolute Gasteiger partial charge is 0.481 e. The van der Waals surface area contributed by atoms with Gasteiger partial charge in [-0.15, -0.1) is 0 Å².